The van der Waals surface area contributed by atoms with Crippen molar-refractivity contribution in [2.45, 2.75) is 19.9 Å². The number of rotatable bonds is 4. The molecular formula is C11H12N2O2. The van der Waals surface area contributed by atoms with E-state index in [-0.39, 0.29) is 5.78 Å². The summed E-state index contributed by atoms with van der Waals surface area (Å²) in [5.74, 6) is 0.937. The molecule has 0 saturated carbocycles. The summed E-state index contributed by atoms with van der Waals surface area (Å²) in [4.78, 5) is 11.4. The zero-order valence-electron chi connectivity index (χ0n) is 8.51. The fourth-order valence-electron chi connectivity index (χ4n) is 1.41. The van der Waals surface area contributed by atoms with Crippen LogP contribution >= 0.6 is 0 Å². The molecule has 2 aromatic rings. The van der Waals surface area contributed by atoms with Crippen molar-refractivity contribution in [3.8, 4) is 0 Å². The summed E-state index contributed by atoms with van der Waals surface area (Å²) >= 11 is 0. The zero-order valence-corrected chi connectivity index (χ0v) is 8.51. The van der Waals surface area contributed by atoms with Crippen molar-refractivity contribution in [2.75, 3.05) is 0 Å². The smallest absolute Gasteiger partial charge is 0.164 e. The van der Waals surface area contributed by atoms with Gasteiger partial charge in [0.1, 0.15) is 0 Å². The lowest BCUT2D eigenvalue weighted by Gasteiger charge is -1.97. The Balaban J connectivity index is 2.11. The Morgan fingerprint density at radius 1 is 1.53 bits per heavy atom. The molecule has 0 aliphatic heterocycles. The Kier molecular flexibility index (Phi) is 2.67. The van der Waals surface area contributed by atoms with Crippen LogP contribution in [0.25, 0.3) is 0 Å². The van der Waals surface area contributed by atoms with Crippen LogP contribution in [0.2, 0.25) is 0 Å². The van der Waals surface area contributed by atoms with E-state index in [2.05, 4.69) is 5.16 Å². The topological polar surface area (TPSA) is 48.0 Å². The molecule has 78 valence electrons. The molecule has 0 radical (unpaired) electrons. The van der Waals surface area contributed by atoms with Gasteiger partial charge in [-0.05, 0) is 6.07 Å². The van der Waals surface area contributed by atoms with E-state index in [9.17, 15) is 4.79 Å². The summed E-state index contributed by atoms with van der Waals surface area (Å²) in [5, 5.41) is 3.62. The van der Waals surface area contributed by atoms with Gasteiger partial charge < -0.3 is 9.09 Å². The lowest BCUT2D eigenvalue weighted by Crippen LogP contribution is -1.97. The number of aromatic nitrogens is 2. The van der Waals surface area contributed by atoms with E-state index in [1.165, 1.54) is 0 Å². The highest BCUT2D eigenvalue weighted by Gasteiger charge is 2.05. The molecule has 2 aromatic heterocycles. The van der Waals surface area contributed by atoms with Crippen LogP contribution in [0.3, 0.4) is 0 Å². The molecule has 0 aliphatic rings. The third kappa shape index (κ3) is 2.15. The van der Waals surface area contributed by atoms with Gasteiger partial charge in [-0.1, -0.05) is 12.1 Å². The van der Waals surface area contributed by atoms with Crippen LogP contribution in [0.5, 0.6) is 0 Å². The lowest BCUT2D eigenvalue weighted by molar-refractivity contribution is 0.0988. The van der Waals surface area contributed by atoms with Crippen LogP contribution in [-0.4, -0.2) is 15.5 Å². The fraction of sp³-hybridized carbons (Fsp3) is 0.273. The Labute approximate surface area is 87.5 Å². The van der Waals surface area contributed by atoms with Gasteiger partial charge in [0, 0.05) is 30.4 Å². The molecular weight excluding hydrogens is 192 g/mol. The quantitative estimate of drug-likeness (QED) is 0.716. The maximum atomic E-state index is 11.4. The number of hydrogen-bond acceptors (Lipinski definition) is 3. The van der Waals surface area contributed by atoms with Gasteiger partial charge in [0.15, 0.2) is 11.5 Å². The van der Waals surface area contributed by atoms with Crippen LogP contribution in [0.15, 0.2) is 35.2 Å². The molecule has 0 saturated heterocycles. The Hall–Kier alpha value is -1.84. The first-order valence-electron chi connectivity index (χ1n) is 4.88. The SMILES string of the molecule is CCC(=O)c1ccn(Cc2ccno2)c1. The standard InChI is InChI=1S/C11H12N2O2/c1-2-11(14)9-4-6-13(7-9)8-10-3-5-12-15-10/h3-7H,2,8H2,1H3. The average Bonchev–Trinajstić information content (AvgIpc) is 2.88. The third-order valence-corrected chi connectivity index (χ3v) is 2.22. The van der Waals surface area contributed by atoms with Gasteiger partial charge in [-0.15, -0.1) is 0 Å². The van der Waals surface area contributed by atoms with Crippen LogP contribution in [0.1, 0.15) is 29.5 Å². The minimum Gasteiger partial charge on any atom is -0.359 e. The lowest BCUT2D eigenvalue weighted by atomic mass is 10.2. The largest absolute Gasteiger partial charge is 0.359 e. The molecule has 0 atom stereocenters. The van der Waals surface area contributed by atoms with Crippen molar-refractivity contribution in [3.63, 3.8) is 0 Å². The second-order valence-corrected chi connectivity index (χ2v) is 3.33. The van der Waals surface area contributed by atoms with Gasteiger partial charge in [-0.25, -0.2) is 0 Å². The number of hydrogen-bond donors (Lipinski definition) is 0. The normalized spacial score (nSPS) is 10.5. The van der Waals surface area contributed by atoms with Gasteiger partial charge in [0.05, 0.1) is 12.7 Å². The summed E-state index contributed by atoms with van der Waals surface area (Å²) in [6, 6.07) is 3.63. The van der Waals surface area contributed by atoms with Gasteiger partial charge >= 0.3 is 0 Å². The molecule has 4 heteroatoms. The molecule has 2 rings (SSSR count). The maximum Gasteiger partial charge on any atom is 0.164 e. The number of ketones is 1. The third-order valence-electron chi connectivity index (χ3n) is 2.22. The van der Waals surface area contributed by atoms with Crippen molar-refractivity contribution in [1.29, 1.82) is 0 Å². The fourth-order valence-corrected chi connectivity index (χ4v) is 1.41. The molecule has 0 amide bonds. The molecule has 15 heavy (non-hydrogen) atoms. The monoisotopic (exact) mass is 204 g/mol. The average molecular weight is 204 g/mol. The van der Waals surface area contributed by atoms with Gasteiger partial charge in [-0.2, -0.15) is 0 Å². The summed E-state index contributed by atoms with van der Waals surface area (Å²) in [5.41, 5.74) is 0.747. The van der Waals surface area contributed by atoms with Crippen LogP contribution in [0, 0.1) is 0 Å². The number of nitrogens with zero attached hydrogens (tertiary/aromatic N) is 2. The highest BCUT2D eigenvalue weighted by atomic mass is 16.5. The van der Waals surface area contributed by atoms with Gasteiger partial charge in [0.25, 0.3) is 0 Å². The molecule has 0 unspecified atom stereocenters. The molecule has 0 spiro atoms. The first kappa shape index (κ1) is 9.71. The van der Waals surface area contributed by atoms with Crippen LogP contribution in [0.4, 0.5) is 0 Å². The van der Waals surface area contributed by atoms with E-state index in [0.717, 1.165) is 11.3 Å². The van der Waals surface area contributed by atoms with E-state index in [4.69, 9.17) is 4.52 Å². The van der Waals surface area contributed by atoms with Gasteiger partial charge in [0.2, 0.25) is 0 Å². The molecule has 0 N–H and O–H groups in total. The van der Waals surface area contributed by atoms with E-state index < -0.39 is 0 Å². The van der Waals surface area contributed by atoms with Crippen LogP contribution in [-0.2, 0) is 6.54 Å². The molecule has 2 heterocycles. The maximum absolute atomic E-state index is 11.4. The summed E-state index contributed by atoms with van der Waals surface area (Å²) in [7, 11) is 0. The molecule has 0 aliphatic carbocycles. The highest BCUT2D eigenvalue weighted by Crippen LogP contribution is 2.07. The first-order valence-corrected chi connectivity index (χ1v) is 4.88. The predicted octanol–water partition coefficient (Wildman–Crippen LogP) is 2.12. The minimum absolute atomic E-state index is 0.159. The number of carbonyl (C=O) groups excluding carboxylic acids is 1. The minimum atomic E-state index is 0.159. The highest BCUT2D eigenvalue weighted by molar-refractivity contribution is 5.95. The van der Waals surface area contributed by atoms with Crippen LogP contribution < -0.4 is 0 Å². The van der Waals surface area contributed by atoms with Crippen molar-refractivity contribution in [2.24, 2.45) is 0 Å². The Bertz CT molecular complexity index is 443. The molecule has 0 aromatic carbocycles. The molecule has 4 nitrogen and oxygen atoms in total. The number of Topliss-reactive ketones (excluding diaryl/α,β-unsaturated/α-hetero) is 1. The van der Waals surface area contributed by atoms with Crippen molar-refractivity contribution < 1.29 is 9.32 Å². The summed E-state index contributed by atoms with van der Waals surface area (Å²) in [6.45, 7) is 2.47. The Morgan fingerprint density at radius 2 is 2.40 bits per heavy atom. The zero-order chi connectivity index (χ0) is 10.7. The number of carbonyl (C=O) groups is 1. The van der Waals surface area contributed by atoms with Crippen molar-refractivity contribution in [1.82, 2.24) is 9.72 Å². The Morgan fingerprint density at radius 3 is 3.07 bits per heavy atom. The predicted molar refractivity (Wildman–Crippen MR) is 54.7 cm³/mol. The summed E-state index contributed by atoms with van der Waals surface area (Å²) in [6.07, 6.45) is 5.84. The van der Waals surface area contributed by atoms with E-state index >= 15 is 0 Å². The molecule has 0 fully saturated rings. The second-order valence-electron chi connectivity index (χ2n) is 3.33. The van der Waals surface area contributed by atoms with E-state index in [1.807, 2.05) is 30.0 Å². The first-order chi connectivity index (χ1) is 7.29. The second kappa shape index (κ2) is 4.13. The van der Waals surface area contributed by atoms with E-state index in [0.29, 0.717) is 13.0 Å². The van der Waals surface area contributed by atoms with Gasteiger partial charge in [-0.3, -0.25) is 4.79 Å². The summed E-state index contributed by atoms with van der Waals surface area (Å²) < 4.78 is 6.88. The van der Waals surface area contributed by atoms with E-state index in [1.54, 1.807) is 12.3 Å². The van der Waals surface area contributed by atoms with Crippen molar-refractivity contribution in [3.05, 3.63) is 42.0 Å². The molecule has 0 bridgehead atoms. The van der Waals surface area contributed by atoms with Crippen molar-refractivity contribution >= 4 is 5.78 Å².